The van der Waals surface area contributed by atoms with Crippen molar-refractivity contribution in [2.45, 2.75) is 76.9 Å². The standard InChI is InChI=1S/2C15H16F2N.2C5H5.Ti/c2*1-9-10(2)12(4)18(11(9)3)8-13-5-6-14(16)7-15(13)17;2*1-2-4-5-3-1;/h2*5-6H,8H2,1-4H3;2*1-5H;. The molecule has 0 bridgehead atoms. The summed E-state index contributed by atoms with van der Waals surface area (Å²) in [7, 11) is 0. The third kappa shape index (κ3) is 5.11. The molecule has 0 amide bonds. The maximum atomic E-state index is 17.4. The normalized spacial score (nSPS) is 14.9. The van der Waals surface area contributed by atoms with Crippen LogP contribution in [0.1, 0.15) is 56.2 Å². The van der Waals surface area contributed by atoms with Crippen LogP contribution in [0.15, 0.2) is 72.9 Å². The van der Waals surface area contributed by atoms with Crippen molar-refractivity contribution < 1.29 is 34.2 Å². The molecule has 47 heavy (non-hydrogen) atoms. The summed E-state index contributed by atoms with van der Waals surface area (Å²) in [4.78, 5) is 0. The van der Waals surface area contributed by atoms with Gasteiger partial charge in [-0.15, -0.1) is 0 Å². The molecule has 6 rings (SSSR count). The van der Waals surface area contributed by atoms with E-state index in [-0.39, 0.29) is 20.8 Å². The molecule has 0 N–H and O–H groups in total. The summed E-state index contributed by atoms with van der Waals surface area (Å²) in [6.07, 6.45) is 14.8. The van der Waals surface area contributed by atoms with Crippen molar-refractivity contribution in [2.24, 2.45) is 0 Å². The molecule has 0 saturated heterocycles. The Morgan fingerprint density at radius 1 is 0.489 bits per heavy atom. The number of aromatic nitrogens is 2. The van der Waals surface area contributed by atoms with Crippen molar-refractivity contribution in [3.05, 3.63) is 152 Å². The van der Waals surface area contributed by atoms with Crippen molar-refractivity contribution in [2.75, 3.05) is 0 Å². The third-order valence-electron chi connectivity index (χ3n) is 11.3. The van der Waals surface area contributed by atoms with Crippen LogP contribution in [0.4, 0.5) is 17.6 Å². The van der Waals surface area contributed by atoms with Gasteiger partial charge in [-0.3, -0.25) is 0 Å². The summed E-state index contributed by atoms with van der Waals surface area (Å²) >= 11 is -4.89. The Balaban J connectivity index is 1.64. The van der Waals surface area contributed by atoms with E-state index in [0.29, 0.717) is 11.1 Å². The molecular weight excluding hydrogens is 632 g/mol. The molecule has 0 fully saturated rings. The van der Waals surface area contributed by atoms with Gasteiger partial charge in [0.15, 0.2) is 0 Å². The fourth-order valence-electron chi connectivity index (χ4n) is 7.89. The van der Waals surface area contributed by atoms with Crippen molar-refractivity contribution in [1.29, 1.82) is 0 Å². The number of benzene rings is 2. The molecule has 2 heterocycles. The van der Waals surface area contributed by atoms with E-state index >= 15 is 17.6 Å². The summed E-state index contributed by atoms with van der Waals surface area (Å²) in [6.45, 7) is 16.5. The van der Waals surface area contributed by atoms with E-state index < -0.39 is 48.3 Å². The molecule has 0 radical (unpaired) electrons. The van der Waals surface area contributed by atoms with Gasteiger partial charge in [0.2, 0.25) is 0 Å². The van der Waals surface area contributed by atoms with Gasteiger partial charge in [-0.1, -0.05) is 0 Å². The molecule has 244 valence electrons. The maximum absolute atomic E-state index is 17.4. The topological polar surface area (TPSA) is 9.86 Å². The predicted octanol–water partition coefficient (Wildman–Crippen LogP) is 9.34. The number of hydrogen-bond acceptors (Lipinski definition) is 0. The quantitative estimate of drug-likeness (QED) is 0.130. The molecule has 0 atom stereocenters. The molecule has 4 aromatic rings. The van der Waals surface area contributed by atoms with E-state index in [1.807, 2.05) is 113 Å². The summed E-state index contributed by atoms with van der Waals surface area (Å²) in [6, 6.07) is 5.56. The van der Waals surface area contributed by atoms with Crippen molar-refractivity contribution >= 4 is 7.74 Å². The average molecular weight is 675 g/mol. The van der Waals surface area contributed by atoms with Crippen LogP contribution in [0.3, 0.4) is 0 Å². The molecular formula is C40H42F4N2Ti. The van der Waals surface area contributed by atoms with Crippen molar-refractivity contribution in [1.82, 2.24) is 9.13 Å². The van der Waals surface area contributed by atoms with E-state index in [2.05, 4.69) is 0 Å². The zero-order valence-electron chi connectivity index (χ0n) is 28.4. The number of hydrogen-bond donors (Lipinski definition) is 0. The molecule has 2 nitrogen and oxygen atoms in total. The van der Waals surface area contributed by atoms with Crippen molar-refractivity contribution in [3.63, 3.8) is 0 Å². The first-order valence-electron chi connectivity index (χ1n) is 16.2. The van der Waals surface area contributed by atoms with Gasteiger partial charge in [-0.25, -0.2) is 0 Å². The number of halogens is 4. The number of rotatable bonds is 8. The summed E-state index contributed by atoms with van der Waals surface area (Å²) in [5.74, 6) is -2.92. The Hall–Kier alpha value is -3.61. The number of allylic oxidation sites excluding steroid dienone is 8. The fraction of sp³-hybridized carbons (Fsp3) is 0.300. The minimum atomic E-state index is -4.89. The fourth-order valence-corrected chi connectivity index (χ4v) is 16.8. The Morgan fingerprint density at radius 2 is 0.787 bits per heavy atom. The summed E-state index contributed by atoms with van der Waals surface area (Å²) in [5.41, 5.74) is 9.13. The molecule has 0 spiro atoms. The van der Waals surface area contributed by atoms with Gasteiger partial charge in [0.1, 0.15) is 0 Å². The third-order valence-corrected chi connectivity index (χ3v) is 19.8. The zero-order chi connectivity index (χ0) is 33.9. The van der Waals surface area contributed by atoms with Crippen LogP contribution >= 0.6 is 0 Å². The monoisotopic (exact) mass is 674 g/mol. The minimum absolute atomic E-state index is 0.143. The molecule has 2 aliphatic carbocycles. The van der Waals surface area contributed by atoms with E-state index in [1.165, 1.54) is 24.3 Å². The summed E-state index contributed by atoms with van der Waals surface area (Å²) < 4.78 is 70.7. The van der Waals surface area contributed by atoms with E-state index in [1.54, 1.807) is 0 Å². The first kappa shape index (κ1) is 33.3. The molecule has 2 aromatic heterocycles. The van der Waals surface area contributed by atoms with Gasteiger partial charge in [-0.2, -0.15) is 0 Å². The second-order valence-electron chi connectivity index (χ2n) is 13.3. The van der Waals surface area contributed by atoms with E-state index in [0.717, 1.165) is 45.0 Å². The average Bonchev–Trinajstić information content (AvgIpc) is 3.85. The van der Waals surface area contributed by atoms with Gasteiger partial charge < -0.3 is 0 Å². The van der Waals surface area contributed by atoms with Crippen LogP contribution in [0, 0.1) is 78.7 Å². The van der Waals surface area contributed by atoms with Crippen LogP contribution in [-0.4, -0.2) is 9.13 Å². The van der Waals surface area contributed by atoms with Crippen LogP contribution in [0.2, 0.25) is 8.45 Å². The molecule has 0 saturated carbocycles. The van der Waals surface area contributed by atoms with Crippen LogP contribution in [0.5, 0.6) is 0 Å². The molecule has 2 aliphatic rings. The second kappa shape index (κ2) is 12.4. The molecule has 7 heteroatoms. The van der Waals surface area contributed by atoms with Gasteiger partial charge in [0, 0.05) is 0 Å². The van der Waals surface area contributed by atoms with Crippen LogP contribution < -0.4 is 7.74 Å². The Morgan fingerprint density at radius 3 is 1.09 bits per heavy atom. The second-order valence-corrected chi connectivity index (χ2v) is 19.6. The van der Waals surface area contributed by atoms with Crippen LogP contribution in [0.25, 0.3) is 0 Å². The van der Waals surface area contributed by atoms with E-state index in [9.17, 15) is 0 Å². The van der Waals surface area contributed by atoms with Crippen molar-refractivity contribution in [3.8, 4) is 0 Å². The Labute approximate surface area is 279 Å². The predicted molar refractivity (Wildman–Crippen MR) is 181 cm³/mol. The number of nitrogens with zero attached hydrogens (tertiary/aromatic N) is 2. The first-order chi connectivity index (χ1) is 22.3. The van der Waals surface area contributed by atoms with Gasteiger partial charge >= 0.3 is 280 Å². The first-order valence-corrected chi connectivity index (χ1v) is 19.6. The zero-order valence-corrected chi connectivity index (χ0v) is 30.0. The SMILES string of the molecule is Cc1c(C)c(C)n(Cc2ccc(F)[c]([Ti]([c]3c(F)ccc(Cn4c(C)c(C)c(C)c4C)c3F)([CH]3C=CC=C3)[CH]3C=CC=C3)c2F)c1C. The van der Waals surface area contributed by atoms with Gasteiger partial charge in [-0.05, 0) is 0 Å². The van der Waals surface area contributed by atoms with Gasteiger partial charge in [0.05, 0.1) is 0 Å². The van der Waals surface area contributed by atoms with Crippen LogP contribution in [-0.2, 0) is 29.7 Å². The van der Waals surface area contributed by atoms with Gasteiger partial charge in [0.25, 0.3) is 0 Å². The molecule has 0 aliphatic heterocycles. The Kier molecular flexibility index (Phi) is 8.82. The molecule has 0 unspecified atom stereocenters. The van der Waals surface area contributed by atoms with E-state index in [4.69, 9.17) is 0 Å². The molecule has 2 aromatic carbocycles. The Bertz CT molecular complexity index is 1820. The summed E-state index contributed by atoms with van der Waals surface area (Å²) in [5, 5.41) is 0.